The fourth-order valence-electron chi connectivity index (χ4n) is 2.58. The van der Waals surface area contributed by atoms with Gasteiger partial charge < -0.3 is 9.88 Å². The van der Waals surface area contributed by atoms with Crippen molar-refractivity contribution in [3.05, 3.63) is 58.8 Å². The fraction of sp³-hybridized carbons (Fsp3) is 0.267. The first-order valence-corrected chi connectivity index (χ1v) is 8.61. The summed E-state index contributed by atoms with van der Waals surface area (Å²) in [5.41, 5.74) is 0.127. The van der Waals surface area contributed by atoms with Gasteiger partial charge in [0, 0.05) is 38.4 Å². The zero-order chi connectivity index (χ0) is 16.4. The number of nitrogens with one attached hydrogen (secondary N) is 1. The largest absolute Gasteiger partial charge is 0.367 e. The summed E-state index contributed by atoms with van der Waals surface area (Å²) in [5.74, 6) is -0.315. The van der Waals surface area contributed by atoms with Crippen molar-refractivity contribution < 1.29 is 12.8 Å². The summed E-state index contributed by atoms with van der Waals surface area (Å²) in [6, 6.07) is 8.91. The van der Waals surface area contributed by atoms with Crippen molar-refractivity contribution in [1.29, 1.82) is 0 Å². The minimum atomic E-state index is -3.65. The number of H-pyrrole nitrogens is 1. The Labute approximate surface area is 133 Å². The second-order valence-corrected chi connectivity index (χ2v) is 7.17. The molecule has 6 nitrogen and oxygen atoms in total. The number of sulfonamides is 1. The summed E-state index contributed by atoms with van der Waals surface area (Å²) >= 11 is 0. The molecular weight excluding hydrogens is 321 g/mol. The third-order valence-electron chi connectivity index (χ3n) is 3.83. The van der Waals surface area contributed by atoms with Gasteiger partial charge in [0.25, 0.3) is 0 Å². The first-order chi connectivity index (χ1) is 11.0. The van der Waals surface area contributed by atoms with Crippen LogP contribution in [0.5, 0.6) is 0 Å². The molecule has 1 aliphatic heterocycles. The van der Waals surface area contributed by atoms with Crippen LogP contribution in [0.1, 0.15) is 0 Å². The molecule has 2 aromatic rings. The highest BCUT2D eigenvalue weighted by molar-refractivity contribution is 7.89. The molecule has 0 spiro atoms. The van der Waals surface area contributed by atoms with Crippen LogP contribution in [-0.2, 0) is 10.0 Å². The Morgan fingerprint density at radius 1 is 1.00 bits per heavy atom. The maximum atomic E-state index is 13.8. The van der Waals surface area contributed by atoms with Gasteiger partial charge in [-0.25, -0.2) is 12.8 Å². The molecule has 122 valence electrons. The Morgan fingerprint density at radius 2 is 1.70 bits per heavy atom. The second kappa shape index (κ2) is 6.13. The van der Waals surface area contributed by atoms with Crippen LogP contribution >= 0.6 is 0 Å². The lowest BCUT2D eigenvalue weighted by atomic mass is 10.2. The number of rotatable bonds is 3. The lowest BCUT2D eigenvalue weighted by Gasteiger charge is -2.35. The summed E-state index contributed by atoms with van der Waals surface area (Å²) in [4.78, 5) is 15.3. The molecule has 2 heterocycles. The second-order valence-electron chi connectivity index (χ2n) is 5.23. The maximum absolute atomic E-state index is 13.8. The minimum absolute atomic E-state index is 0.0523. The van der Waals surface area contributed by atoms with Crippen LogP contribution in [0.2, 0.25) is 0 Å². The Kier molecular flexibility index (Phi) is 4.18. The van der Waals surface area contributed by atoms with Crippen molar-refractivity contribution in [2.24, 2.45) is 0 Å². The van der Waals surface area contributed by atoms with Gasteiger partial charge in [-0.3, -0.25) is 4.79 Å². The molecular formula is C15H16FN3O3S. The van der Waals surface area contributed by atoms with Gasteiger partial charge in [-0.15, -0.1) is 0 Å². The van der Waals surface area contributed by atoms with E-state index < -0.39 is 10.0 Å². The summed E-state index contributed by atoms with van der Waals surface area (Å²) in [7, 11) is -3.65. The topological polar surface area (TPSA) is 73.5 Å². The standard InChI is InChI=1S/C15H16FN3O3S/c16-13-3-1-2-4-14(13)18-7-9-19(10-8-18)23(21,22)12-5-6-15(20)17-11-12/h1-6,11H,7-10H2,(H,17,20). The van der Waals surface area contributed by atoms with Gasteiger partial charge in [-0.1, -0.05) is 12.1 Å². The van der Waals surface area contributed by atoms with Gasteiger partial charge >= 0.3 is 0 Å². The van der Waals surface area contributed by atoms with Crippen molar-refractivity contribution in [3.8, 4) is 0 Å². The number of piperazine rings is 1. The smallest absolute Gasteiger partial charge is 0.247 e. The molecule has 0 amide bonds. The van der Waals surface area contributed by atoms with Crippen LogP contribution in [0, 0.1) is 5.82 Å². The van der Waals surface area contributed by atoms with E-state index in [9.17, 15) is 17.6 Å². The molecule has 0 aliphatic carbocycles. The molecule has 1 aliphatic rings. The van der Waals surface area contributed by atoms with E-state index in [4.69, 9.17) is 0 Å². The average Bonchev–Trinajstić information content (AvgIpc) is 2.56. The minimum Gasteiger partial charge on any atom is -0.367 e. The molecule has 1 N–H and O–H groups in total. The van der Waals surface area contributed by atoms with E-state index in [1.165, 1.54) is 28.7 Å². The van der Waals surface area contributed by atoms with Crippen LogP contribution in [0.25, 0.3) is 0 Å². The summed E-state index contributed by atoms with van der Waals surface area (Å²) in [6.45, 7) is 1.33. The lowest BCUT2D eigenvalue weighted by Crippen LogP contribution is -2.49. The number of nitrogens with zero attached hydrogens (tertiary/aromatic N) is 2. The number of benzene rings is 1. The average molecular weight is 337 g/mol. The van der Waals surface area contributed by atoms with E-state index in [1.807, 2.05) is 4.90 Å². The van der Waals surface area contributed by atoms with Crippen LogP contribution in [0.4, 0.5) is 10.1 Å². The number of aromatic amines is 1. The molecule has 0 atom stereocenters. The van der Waals surface area contributed by atoms with Gasteiger partial charge in [0.1, 0.15) is 5.82 Å². The Bertz CT molecular complexity index is 838. The summed E-state index contributed by atoms with van der Waals surface area (Å²) in [6.07, 6.45) is 1.20. The molecule has 23 heavy (non-hydrogen) atoms. The molecule has 1 fully saturated rings. The predicted molar refractivity (Wildman–Crippen MR) is 84.4 cm³/mol. The first kappa shape index (κ1) is 15.7. The van der Waals surface area contributed by atoms with Crippen molar-refractivity contribution >= 4 is 15.7 Å². The zero-order valence-corrected chi connectivity index (χ0v) is 13.1. The van der Waals surface area contributed by atoms with E-state index in [2.05, 4.69) is 4.98 Å². The Morgan fingerprint density at radius 3 is 2.30 bits per heavy atom. The number of aromatic nitrogens is 1. The molecule has 1 saturated heterocycles. The highest BCUT2D eigenvalue weighted by atomic mass is 32.2. The number of anilines is 1. The first-order valence-electron chi connectivity index (χ1n) is 7.17. The number of pyridine rings is 1. The van der Waals surface area contributed by atoms with Gasteiger partial charge in [0.2, 0.25) is 15.6 Å². The Balaban J connectivity index is 1.75. The van der Waals surface area contributed by atoms with Crippen molar-refractivity contribution in [2.75, 3.05) is 31.1 Å². The van der Waals surface area contributed by atoms with Gasteiger partial charge in [-0.2, -0.15) is 4.31 Å². The van der Waals surface area contributed by atoms with E-state index in [0.29, 0.717) is 18.8 Å². The summed E-state index contributed by atoms with van der Waals surface area (Å²) in [5, 5.41) is 0. The normalized spacial score (nSPS) is 16.5. The lowest BCUT2D eigenvalue weighted by molar-refractivity contribution is 0.383. The van der Waals surface area contributed by atoms with Crippen molar-refractivity contribution in [3.63, 3.8) is 0 Å². The maximum Gasteiger partial charge on any atom is 0.247 e. The Hall–Kier alpha value is -2.19. The third-order valence-corrected chi connectivity index (χ3v) is 5.72. The zero-order valence-electron chi connectivity index (χ0n) is 12.3. The highest BCUT2D eigenvalue weighted by Crippen LogP contribution is 2.22. The van der Waals surface area contributed by atoms with Gasteiger partial charge in [-0.05, 0) is 18.2 Å². The van der Waals surface area contributed by atoms with Gasteiger partial charge in [0.15, 0.2) is 0 Å². The number of para-hydroxylation sites is 1. The van der Waals surface area contributed by atoms with E-state index in [-0.39, 0.29) is 29.4 Å². The molecule has 0 bridgehead atoms. The van der Waals surface area contributed by atoms with E-state index in [0.717, 1.165) is 0 Å². The van der Waals surface area contributed by atoms with Crippen molar-refractivity contribution in [2.45, 2.75) is 4.90 Å². The highest BCUT2D eigenvalue weighted by Gasteiger charge is 2.29. The SMILES string of the molecule is O=c1ccc(S(=O)(=O)N2CCN(c3ccccc3F)CC2)c[nH]1. The molecule has 1 aromatic heterocycles. The quantitative estimate of drug-likeness (QED) is 0.908. The molecule has 0 unspecified atom stereocenters. The number of hydrogen-bond acceptors (Lipinski definition) is 4. The van der Waals surface area contributed by atoms with Crippen LogP contribution in [0.15, 0.2) is 52.3 Å². The summed E-state index contributed by atoms with van der Waals surface area (Å²) < 4.78 is 40.2. The van der Waals surface area contributed by atoms with Crippen LogP contribution in [0.3, 0.4) is 0 Å². The van der Waals surface area contributed by atoms with Gasteiger partial charge in [0.05, 0.1) is 10.6 Å². The number of hydrogen-bond donors (Lipinski definition) is 1. The molecule has 0 saturated carbocycles. The molecule has 1 aromatic carbocycles. The monoisotopic (exact) mass is 337 g/mol. The molecule has 8 heteroatoms. The van der Waals surface area contributed by atoms with E-state index in [1.54, 1.807) is 18.2 Å². The van der Waals surface area contributed by atoms with Crippen LogP contribution < -0.4 is 10.5 Å². The van der Waals surface area contributed by atoms with E-state index >= 15 is 0 Å². The third kappa shape index (κ3) is 3.13. The molecule has 3 rings (SSSR count). The molecule has 0 radical (unpaired) electrons. The number of halogens is 1. The van der Waals surface area contributed by atoms with Crippen LogP contribution in [-0.4, -0.2) is 43.9 Å². The predicted octanol–water partition coefficient (Wildman–Crippen LogP) is 1.02. The fourth-order valence-corrected chi connectivity index (χ4v) is 3.97. The van der Waals surface area contributed by atoms with Crippen molar-refractivity contribution in [1.82, 2.24) is 9.29 Å².